The number of aliphatic hydroxyl groups is 1. The zero-order chi connectivity index (χ0) is 13.5. The Labute approximate surface area is 103 Å². The van der Waals surface area contributed by atoms with Crippen LogP contribution in [0.3, 0.4) is 0 Å². The van der Waals surface area contributed by atoms with Crippen LogP contribution in [0.1, 0.15) is 18.6 Å². The normalized spacial score (nSPS) is 11.9. The van der Waals surface area contributed by atoms with Crippen LogP contribution < -0.4 is 10.6 Å². The smallest absolute Gasteiger partial charge is 0.334 e. The van der Waals surface area contributed by atoms with Crippen LogP contribution in [0.15, 0.2) is 10.6 Å². The quantitative estimate of drug-likeness (QED) is 0.543. The number of carboxylic acid groups (broad SMARTS) is 1. The molecule has 0 unspecified atom stereocenters. The van der Waals surface area contributed by atoms with Crippen LogP contribution in [0.5, 0.6) is 0 Å². The van der Waals surface area contributed by atoms with Crippen molar-refractivity contribution in [2.24, 2.45) is 0 Å². The molecule has 100 valence electrons. The first-order chi connectivity index (χ1) is 8.52. The van der Waals surface area contributed by atoms with Gasteiger partial charge in [-0.25, -0.2) is 14.6 Å². The SMILES string of the molecule is CCc1cnc(CNC(=O)NC[C@H](O)C(=O)O)o1. The van der Waals surface area contributed by atoms with Gasteiger partial charge in [-0.1, -0.05) is 6.92 Å². The van der Waals surface area contributed by atoms with Crippen molar-refractivity contribution < 1.29 is 24.2 Å². The molecule has 0 aliphatic heterocycles. The van der Waals surface area contributed by atoms with Crippen LogP contribution >= 0.6 is 0 Å². The van der Waals surface area contributed by atoms with Gasteiger partial charge in [0, 0.05) is 6.42 Å². The number of oxazole rings is 1. The molecule has 0 aromatic carbocycles. The van der Waals surface area contributed by atoms with Crippen molar-refractivity contribution in [3.05, 3.63) is 17.8 Å². The van der Waals surface area contributed by atoms with E-state index >= 15 is 0 Å². The number of carbonyl (C=O) groups excluding carboxylic acids is 1. The maximum atomic E-state index is 11.2. The minimum absolute atomic E-state index is 0.0923. The molecule has 8 heteroatoms. The number of urea groups is 1. The van der Waals surface area contributed by atoms with Gasteiger partial charge in [0.05, 0.1) is 19.3 Å². The maximum absolute atomic E-state index is 11.2. The second-order valence-corrected chi connectivity index (χ2v) is 3.49. The summed E-state index contributed by atoms with van der Waals surface area (Å²) in [5.41, 5.74) is 0. The molecule has 1 heterocycles. The number of aromatic nitrogens is 1. The van der Waals surface area contributed by atoms with Crippen molar-refractivity contribution in [3.63, 3.8) is 0 Å². The van der Waals surface area contributed by atoms with E-state index in [1.54, 1.807) is 6.20 Å². The summed E-state index contributed by atoms with van der Waals surface area (Å²) < 4.78 is 5.25. The van der Waals surface area contributed by atoms with E-state index in [0.717, 1.165) is 0 Å². The topological polar surface area (TPSA) is 125 Å². The third kappa shape index (κ3) is 4.42. The van der Waals surface area contributed by atoms with E-state index in [1.165, 1.54) is 0 Å². The molecule has 4 N–H and O–H groups in total. The highest BCUT2D eigenvalue weighted by atomic mass is 16.4. The van der Waals surface area contributed by atoms with Gasteiger partial charge in [0.15, 0.2) is 6.10 Å². The Kier molecular flexibility index (Phi) is 5.12. The molecule has 0 aliphatic carbocycles. The number of amides is 2. The molecule has 2 amide bonds. The molecule has 0 saturated carbocycles. The van der Waals surface area contributed by atoms with Gasteiger partial charge in [0.1, 0.15) is 5.76 Å². The van der Waals surface area contributed by atoms with Crippen molar-refractivity contribution >= 4 is 12.0 Å². The van der Waals surface area contributed by atoms with Gasteiger partial charge < -0.3 is 25.3 Å². The molecule has 0 radical (unpaired) electrons. The van der Waals surface area contributed by atoms with E-state index in [1.807, 2.05) is 6.92 Å². The lowest BCUT2D eigenvalue weighted by atomic mass is 10.4. The highest BCUT2D eigenvalue weighted by Crippen LogP contribution is 2.03. The molecule has 1 aromatic heterocycles. The molecule has 1 rings (SSSR count). The molecule has 1 aromatic rings. The summed E-state index contributed by atoms with van der Waals surface area (Å²) in [6, 6.07) is -0.605. The maximum Gasteiger partial charge on any atom is 0.334 e. The van der Waals surface area contributed by atoms with E-state index in [9.17, 15) is 9.59 Å². The average Bonchev–Trinajstić information content (AvgIpc) is 2.81. The van der Waals surface area contributed by atoms with Crippen molar-refractivity contribution in [3.8, 4) is 0 Å². The number of aryl methyl sites for hydroxylation is 1. The first kappa shape index (κ1) is 14.0. The number of nitrogens with one attached hydrogen (secondary N) is 2. The Morgan fingerprint density at radius 2 is 2.22 bits per heavy atom. The monoisotopic (exact) mass is 257 g/mol. The lowest BCUT2D eigenvalue weighted by Crippen LogP contribution is -2.41. The molecular weight excluding hydrogens is 242 g/mol. The van der Waals surface area contributed by atoms with Crippen LogP contribution in [0.25, 0.3) is 0 Å². The van der Waals surface area contributed by atoms with Crippen molar-refractivity contribution in [2.75, 3.05) is 6.54 Å². The van der Waals surface area contributed by atoms with Gasteiger partial charge in [0.25, 0.3) is 0 Å². The van der Waals surface area contributed by atoms with Crippen LogP contribution in [0.4, 0.5) is 4.79 Å². The third-order valence-corrected chi connectivity index (χ3v) is 2.09. The Morgan fingerprint density at radius 1 is 1.50 bits per heavy atom. The highest BCUT2D eigenvalue weighted by Gasteiger charge is 2.14. The standard InChI is InChI=1S/C10H15N3O5/c1-2-6-3-11-8(18-6)5-13-10(17)12-4-7(14)9(15)16/h3,7,14H,2,4-5H2,1H3,(H,15,16)(H2,12,13,17)/t7-/m0/s1. The van der Waals surface area contributed by atoms with Gasteiger partial charge >= 0.3 is 12.0 Å². The van der Waals surface area contributed by atoms with Gasteiger partial charge in [-0.05, 0) is 0 Å². The van der Waals surface area contributed by atoms with E-state index in [2.05, 4.69) is 15.6 Å². The Balaban J connectivity index is 2.26. The van der Waals surface area contributed by atoms with Crippen LogP contribution in [0.2, 0.25) is 0 Å². The lowest BCUT2D eigenvalue weighted by molar-refractivity contribution is -0.146. The summed E-state index contributed by atoms with van der Waals surface area (Å²) in [5, 5.41) is 21.9. The van der Waals surface area contributed by atoms with Crippen LogP contribution in [0, 0.1) is 0 Å². The summed E-state index contributed by atoms with van der Waals surface area (Å²) in [6.45, 7) is 1.64. The first-order valence-corrected chi connectivity index (χ1v) is 5.39. The Hall–Kier alpha value is -2.09. The average molecular weight is 257 g/mol. The Bertz CT molecular complexity index is 417. The number of carbonyl (C=O) groups is 2. The number of aliphatic hydroxyl groups excluding tert-OH is 1. The summed E-state index contributed by atoms with van der Waals surface area (Å²) in [4.78, 5) is 25.4. The van der Waals surface area contributed by atoms with E-state index < -0.39 is 18.1 Å². The number of carboxylic acids is 1. The Morgan fingerprint density at radius 3 is 2.78 bits per heavy atom. The van der Waals surface area contributed by atoms with Crippen molar-refractivity contribution in [2.45, 2.75) is 26.0 Å². The molecule has 1 atom stereocenters. The van der Waals surface area contributed by atoms with Crippen molar-refractivity contribution in [1.82, 2.24) is 15.6 Å². The molecule has 0 aliphatic rings. The third-order valence-electron chi connectivity index (χ3n) is 2.09. The van der Waals surface area contributed by atoms with Crippen LogP contribution in [-0.4, -0.2) is 39.8 Å². The molecule has 8 nitrogen and oxygen atoms in total. The van der Waals surface area contributed by atoms with E-state index in [0.29, 0.717) is 18.1 Å². The number of hydrogen-bond donors (Lipinski definition) is 4. The number of rotatable bonds is 6. The zero-order valence-corrected chi connectivity index (χ0v) is 9.84. The molecule has 0 spiro atoms. The lowest BCUT2D eigenvalue weighted by Gasteiger charge is -2.08. The van der Waals surface area contributed by atoms with Crippen molar-refractivity contribution in [1.29, 1.82) is 0 Å². The number of hydrogen-bond acceptors (Lipinski definition) is 5. The highest BCUT2D eigenvalue weighted by molar-refractivity contribution is 5.76. The molecular formula is C10H15N3O5. The van der Waals surface area contributed by atoms with Gasteiger partial charge in [0.2, 0.25) is 5.89 Å². The fourth-order valence-corrected chi connectivity index (χ4v) is 1.09. The first-order valence-electron chi connectivity index (χ1n) is 5.39. The number of aliphatic carboxylic acids is 1. The summed E-state index contributed by atoms with van der Waals surface area (Å²) in [5.74, 6) is -0.315. The van der Waals surface area contributed by atoms with E-state index in [4.69, 9.17) is 14.6 Å². The fraction of sp³-hybridized carbons (Fsp3) is 0.500. The number of nitrogens with zero attached hydrogens (tertiary/aromatic N) is 1. The summed E-state index contributed by atoms with van der Waals surface area (Å²) in [7, 11) is 0. The van der Waals surface area contributed by atoms with Crippen LogP contribution in [-0.2, 0) is 17.8 Å². The second-order valence-electron chi connectivity index (χ2n) is 3.49. The molecule has 0 bridgehead atoms. The molecule has 0 fully saturated rings. The van der Waals surface area contributed by atoms with E-state index in [-0.39, 0.29) is 13.1 Å². The molecule has 18 heavy (non-hydrogen) atoms. The minimum atomic E-state index is -1.62. The predicted octanol–water partition coefficient (Wildman–Crippen LogP) is -0.518. The summed E-state index contributed by atoms with van der Waals surface area (Å²) in [6.07, 6.45) is 0.664. The van der Waals surface area contributed by atoms with Gasteiger partial charge in [-0.3, -0.25) is 0 Å². The van der Waals surface area contributed by atoms with Gasteiger partial charge in [-0.15, -0.1) is 0 Å². The largest absolute Gasteiger partial charge is 0.479 e. The zero-order valence-electron chi connectivity index (χ0n) is 9.84. The minimum Gasteiger partial charge on any atom is -0.479 e. The predicted molar refractivity (Wildman–Crippen MR) is 59.8 cm³/mol. The molecule has 0 saturated heterocycles. The second kappa shape index (κ2) is 6.60. The fourth-order valence-electron chi connectivity index (χ4n) is 1.09. The summed E-state index contributed by atoms with van der Waals surface area (Å²) >= 11 is 0. The van der Waals surface area contributed by atoms with Gasteiger partial charge in [-0.2, -0.15) is 0 Å².